The zero-order valence-corrected chi connectivity index (χ0v) is 7.96. The lowest BCUT2D eigenvalue weighted by molar-refractivity contribution is 0.281. The lowest BCUT2D eigenvalue weighted by atomic mass is 10.0. The standard InChI is InChI=1S/C11H14N2O/c14-7-9-3-1-2-4-10(9)11-5-6-12-8-13-11/h1-5,12-14H,6-8H2. The molecule has 0 saturated carbocycles. The van der Waals surface area contributed by atoms with Crippen molar-refractivity contribution in [2.45, 2.75) is 6.61 Å². The van der Waals surface area contributed by atoms with Gasteiger partial charge in [-0.2, -0.15) is 0 Å². The van der Waals surface area contributed by atoms with Crippen LogP contribution in [0.3, 0.4) is 0 Å². The van der Waals surface area contributed by atoms with Crippen LogP contribution in [-0.2, 0) is 6.61 Å². The summed E-state index contributed by atoms with van der Waals surface area (Å²) in [6.45, 7) is 1.75. The summed E-state index contributed by atoms with van der Waals surface area (Å²) in [5.41, 5.74) is 3.16. The van der Waals surface area contributed by atoms with Crippen LogP contribution in [0.25, 0.3) is 5.70 Å². The van der Waals surface area contributed by atoms with E-state index in [1.54, 1.807) is 0 Å². The molecule has 74 valence electrons. The molecule has 3 N–H and O–H groups in total. The van der Waals surface area contributed by atoms with Crippen molar-refractivity contribution in [1.29, 1.82) is 0 Å². The summed E-state index contributed by atoms with van der Waals surface area (Å²) < 4.78 is 0. The quantitative estimate of drug-likeness (QED) is 0.642. The van der Waals surface area contributed by atoms with Crippen LogP contribution < -0.4 is 10.6 Å². The molecule has 14 heavy (non-hydrogen) atoms. The Balaban J connectivity index is 2.34. The van der Waals surface area contributed by atoms with Gasteiger partial charge in [0.25, 0.3) is 0 Å². The molecule has 0 atom stereocenters. The molecular weight excluding hydrogens is 176 g/mol. The van der Waals surface area contributed by atoms with Crippen LogP contribution in [0.1, 0.15) is 11.1 Å². The van der Waals surface area contributed by atoms with E-state index in [1.165, 1.54) is 0 Å². The first kappa shape index (κ1) is 9.24. The average Bonchev–Trinajstić information content (AvgIpc) is 2.30. The third kappa shape index (κ3) is 1.78. The molecule has 1 heterocycles. The highest BCUT2D eigenvalue weighted by Crippen LogP contribution is 2.17. The molecular formula is C11H14N2O. The molecule has 1 aromatic carbocycles. The SMILES string of the molecule is OCc1ccccc1C1=CCNCN1. The Labute approximate surface area is 83.5 Å². The van der Waals surface area contributed by atoms with Crippen molar-refractivity contribution in [2.24, 2.45) is 0 Å². The predicted octanol–water partition coefficient (Wildman–Crippen LogP) is 0.670. The van der Waals surface area contributed by atoms with Crippen molar-refractivity contribution in [3.8, 4) is 0 Å². The first-order chi connectivity index (χ1) is 6.92. The molecule has 0 aliphatic carbocycles. The maximum Gasteiger partial charge on any atom is 0.0688 e. The number of hydrogen-bond acceptors (Lipinski definition) is 3. The van der Waals surface area contributed by atoms with Crippen molar-refractivity contribution < 1.29 is 5.11 Å². The highest BCUT2D eigenvalue weighted by Gasteiger charge is 2.07. The third-order valence-electron chi connectivity index (χ3n) is 2.33. The number of hydrogen-bond donors (Lipinski definition) is 3. The minimum absolute atomic E-state index is 0.0859. The lowest BCUT2D eigenvalue weighted by Crippen LogP contribution is -2.33. The Morgan fingerprint density at radius 3 is 2.86 bits per heavy atom. The van der Waals surface area contributed by atoms with Gasteiger partial charge in [0.1, 0.15) is 0 Å². The largest absolute Gasteiger partial charge is 0.392 e. The molecule has 1 aliphatic heterocycles. The van der Waals surface area contributed by atoms with E-state index < -0.39 is 0 Å². The molecule has 3 nitrogen and oxygen atoms in total. The molecule has 0 aromatic heterocycles. The van der Waals surface area contributed by atoms with E-state index in [0.717, 1.165) is 30.0 Å². The fourth-order valence-corrected chi connectivity index (χ4v) is 1.60. The second kappa shape index (κ2) is 4.26. The smallest absolute Gasteiger partial charge is 0.0688 e. The zero-order valence-electron chi connectivity index (χ0n) is 7.96. The molecule has 0 spiro atoms. The van der Waals surface area contributed by atoms with Gasteiger partial charge in [0.15, 0.2) is 0 Å². The molecule has 1 aliphatic rings. The summed E-state index contributed by atoms with van der Waals surface area (Å²) in [6.07, 6.45) is 2.10. The van der Waals surface area contributed by atoms with Gasteiger partial charge >= 0.3 is 0 Å². The van der Waals surface area contributed by atoms with Gasteiger partial charge in [-0.05, 0) is 11.6 Å². The van der Waals surface area contributed by atoms with Gasteiger partial charge in [0.2, 0.25) is 0 Å². The Kier molecular flexibility index (Phi) is 2.81. The van der Waals surface area contributed by atoms with E-state index in [9.17, 15) is 5.11 Å². The first-order valence-corrected chi connectivity index (χ1v) is 4.75. The Morgan fingerprint density at radius 1 is 1.29 bits per heavy atom. The predicted molar refractivity (Wildman–Crippen MR) is 56.3 cm³/mol. The maximum atomic E-state index is 9.18. The Morgan fingerprint density at radius 2 is 2.14 bits per heavy atom. The van der Waals surface area contributed by atoms with Gasteiger partial charge < -0.3 is 10.4 Å². The van der Waals surface area contributed by atoms with Crippen LogP contribution in [0.15, 0.2) is 30.3 Å². The number of rotatable bonds is 2. The number of aliphatic hydroxyl groups is 1. The van der Waals surface area contributed by atoms with Crippen LogP contribution in [0.4, 0.5) is 0 Å². The van der Waals surface area contributed by atoms with E-state index in [0.29, 0.717) is 0 Å². The van der Waals surface area contributed by atoms with Crippen molar-refractivity contribution in [3.63, 3.8) is 0 Å². The lowest BCUT2D eigenvalue weighted by Gasteiger charge is -2.18. The number of benzene rings is 1. The van der Waals surface area contributed by atoms with Crippen LogP contribution in [-0.4, -0.2) is 18.3 Å². The van der Waals surface area contributed by atoms with Crippen LogP contribution >= 0.6 is 0 Å². The summed E-state index contributed by atoms with van der Waals surface area (Å²) >= 11 is 0. The second-order valence-corrected chi connectivity index (χ2v) is 3.24. The molecule has 0 unspecified atom stereocenters. The van der Waals surface area contributed by atoms with E-state index in [1.807, 2.05) is 24.3 Å². The fraction of sp³-hybridized carbons (Fsp3) is 0.273. The van der Waals surface area contributed by atoms with E-state index in [-0.39, 0.29) is 6.61 Å². The molecule has 1 aromatic rings. The molecule has 2 rings (SSSR count). The zero-order chi connectivity index (χ0) is 9.80. The number of nitrogens with one attached hydrogen (secondary N) is 2. The summed E-state index contributed by atoms with van der Waals surface area (Å²) in [5, 5.41) is 15.6. The summed E-state index contributed by atoms with van der Waals surface area (Å²) in [4.78, 5) is 0. The molecule has 0 saturated heterocycles. The minimum Gasteiger partial charge on any atom is -0.392 e. The van der Waals surface area contributed by atoms with Crippen molar-refractivity contribution in [2.75, 3.05) is 13.2 Å². The normalized spacial score (nSPS) is 15.9. The maximum absolute atomic E-state index is 9.18. The Hall–Kier alpha value is -1.32. The van der Waals surface area contributed by atoms with E-state index >= 15 is 0 Å². The van der Waals surface area contributed by atoms with Crippen molar-refractivity contribution in [3.05, 3.63) is 41.5 Å². The van der Waals surface area contributed by atoms with Gasteiger partial charge in [-0.3, -0.25) is 5.32 Å². The highest BCUT2D eigenvalue weighted by atomic mass is 16.3. The summed E-state index contributed by atoms with van der Waals surface area (Å²) in [7, 11) is 0. The Bertz CT molecular complexity index is 347. The third-order valence-corrected chi connectivity index (χ3v) is 2.33. The van der Waals surface area contributed by atoms with Gasteiger partial charge in [0.05, 0.1) is 13.3 Å². The van der Waals surface area contributed by atoms with E-state index in [2.05, 4.69) is 16.7 Å². The molecule has 0 radical (unpaired) electrons. The van der Waals surface area contributed by atoms with Crippen molar-refractivity contribution in [1.82, 2.24) is 10.6 Å². The van der Waals surface area contributed by atoms with Crippen LogP contribution in [0, 0.1) is 0 Å². The molecule has 0 fully saturated rings. The molecule has 0 amide bonds. The minimum atomic E-state index is 0.0859. The number of aliphatic hydroxyl groups excluding tert-OH is 1. The second-order valence-electron chi connectivity index (χ2n) is 3.24. The monoisotopic (exact) mass is 190 g/mol. The van der Waals surface area contributed by atoms with Gasteiger partial charge in [-0.1, -0.05) is 24.3 Å². The van der Waals surface area contributed by atoms with E-state index in [4.69, 9.17) is 0 Å². The topological polar surface area (TPSA) is 44.3 Å². The van der Waals surface area contributed by atoms with Gasteiger partial charge in [-0.25, -0.2) is 0 Å². The van der Waals surface area contributed by atoms with Crippen LogP contribution in [0.2, 0.25) is 0 Å². The highest BCUT2D eigenvalue weighted by molar-refractivity contribution is 5.67. The fourth-order valence-electron chi connectivity index (χ4n) is 1.60. The summed E-state index contributed by atoms with van der Waals surface area (Å²) in [6, 6.07) is 7.89. The van der Waals surface area contributed by atoms with Gasteiger partial charge in [0, 0.05) is 17.8 Å². The van der Waals surface area contributed by atoms with Gasteiger partial charge in [-0.15, -0.1) is 0 Å². The van der Waals surface area contributed by atoms with Crippen LogP contribution in [0.5, 0.6) is 0 Å². The first-order valence-electron chi connectivity index (χ1n) is 4.75. The average molecular weight is 190 g/mol. The molecule has 0 bridgehead atoms. The summed E-state index contributed by atoms with van der Waals surface area (Å²) in [5.74, 6) is 0. The molecule has 3 heteroatoms. The van der Waals surface area contributed by atoms with Crippen molar-refractivity contribution >= 4 is 5.70 Å².